The van der Waals surface area contributed by atoms with Gasteiger partial charge in [0.05, 0.1) is 11.8 Å². The lowest BCUT2D eigenvalue weighted by Gasteiger charge is -2.27. The molecule has 158 valence electrons. The Balaban J connectivity index is 2.40. The monoisotopic (exact) mass is 382 g/mol. The van der Waals surface area contributed by atoms with Crippen LogP contribution in [0.5, 0.6) is 0 Å². The number of rotatable bonds is 14. The van der Waals surface area contributed by atoms with E-state index in [1.54, 1.807) is 0 Å². The van der Waals surface area contributed by atoms with Crippen LogP contribution >= 0.6 is 0 Å². The average Bonchev–Trinajstić information content (AvgIpc) is 2.65. The van der Waals surface area contributed by atoms with Crippen LogP contribution in [0, 0.1) is 17.8 Å². The van der Waals surface area contributed by atoms with Gasteiger partial charge in [0.1, 0.15) is 6.10 Å². The fourth-order valence-corrected chi connectivity index (χ4v) is 4.00. The summed E-state index contributed by atoms with van der Waals surface area (Å²) in [5.74, 6) is -0.931. The third-order valence-electron chi connectivity index (χ3n) is 5.84. The largest absolute Gasteiger partial charge is 0.481 e. The zero-order chi connectivity index (χ0) is 20.1. The minimum atomic E-state index is -0.771. The maximum absolute atomic E-state index is 12.6. The van der Waals surface area contributed by atoms with Crippen molar-refractivity contribution in [2.75, 3.05) is 0 Å². The molecular formula is C23H42O4. The molecule has 4 nitrogen and oxygen atoms in total. The summed E-state index contributed by atoms with van der Waals surface area (Å²) in [7, 11) is 0. The first-order valence-electron chi connectivity index (χ1n) is 11.4. The highest BCUT2D eigenvalue weighted by atomic mass is 16.5. The molecule has 1 rings (SSSR count). The molecule has 0 aromatic carbocycles. The maximum atomic E-state index is 12.6. The Hall–Kier alpha value is -1.06. The van der Waals surface area contributed by atoms with Gasteiger partial charge in [-0.05, 0) is 50.9 Å². The van der Waals surface area contributed by atoms with E-state index in [-0.39, 0.29) is 23.9 Å². The highest BCUT2D eigenvalue weighted by Crippen LogP contribution is 2.31. The van der Waals surface area contributed by atoms with E-state index < -0.39 is 5.97 Å². The molecule has 1 aliphatic carbocycles. The summed E-state index contributed by atoms with van der Waals surface area (Å²) in [5.41, 5.74) is 0. The summed E-state index contributed by atoms with van der Waals surface area (Å²) in [5, 5.41) is 9.23. The van der Waals surface area contributed by atoms with Crippen molar-refractivity contribution in [3.8, 4) is 0 Å². The highest BCUT2D eigenvalue weighted by molar-refractivity contribution is 5.75. The van der Waals surface area contributed by atoms with Crippen LogP contribution < -0.4 is 0 Å². The van der Waals surface area contributed by atoms with Gasteiger partial charge >= 0.3 is 11.9 Å². The van der Waals surface area contributed by atoms with Gasteiger partial charge in [0.25, 0.3) is 0 Å². The predicted molar refractivity (Wildman–Crippen MR) is 110 cm³/mol. The molecule has 3 unspecified atom stereocenters. The zero-order valence-corrected chi connectivity index (χ0v) is 17.9. The van der Waals surface area contributed by atoms with Crippen molar-refractivity contribution in [3.05, 3.63) is 0 Å². The van der Waals surface area contributed by atoms with Gasteiger partial charge in [-0.1, -0.05) is 65.7 Å². The summed E-state index contributed by atoms with van der Waals surface area (Å²) in [4.78, 5) is 23.9. The van der Waals surface area contributed by atoms with Crippen LogP contribution in [-0.4, -0.2) is 23.1 Å². The highest BCUT2D eigenvalue weighted by Gasteiger charge is 2.32. The Morgan fingerprint density at radius 2 is 1.56 bits per heavy atom. The molecule has 27 heavy (non-hydrogen) atoms. The van der Waals surface area contributed by atoms with Gasteiger partial charge in [-0.15, -0.1) is 0 Å². The van der Waals surface area contributed by atoms with E-state index in [9.17, 15) is 14.7 Å². The number of carbonyl (C=O) groups is 2. The minimum absolute atomic E-state index is 0.000691. The molecule has 0 spiro atoms. The van der Waals surface area contributed by atoms with E-state index in [1.165, 1.54) is 38.5 Å². The van der Waals surface area contributed by atoms with E-state index >= 15 is 0 Å². The van der Waals surface area contributed by atoms with Crippen molar-refractivity contribution in [1.82, 2.24) is 0 Å². The predicted octanol–water partition coefficient (Wildman–Crippen LogP) is 6.37. The number of aliphatic carboxylic acids is 1. The molecule has 3 atom stereocenters. The number of esters is 1. The molecule has 0 heterocycles. The lowest BCUT2D eigenvalue weighted by Crippen LogP contribution is -2.31. The molecule has 0 amide bonds. The Morgan fingerprint density at radius 1 is 0.926 bits per heavy atom. The van der Waals surface area contributed by atoms with Crippen molar-refractivity contribution >= 4 is 11.9 Å². The molecule has 0 aromatic heterocycles. The van der Waals surface area contributed by atoms with Crippen LogP contribution in [0.2, 0.25) is 0 Å². The molecule has 1 aliphatic rings. The summed E-state index contributed by atoms with van der Waals surface area (Å²) >= 11 is 0. The van der Waals surface area contributed by atoms with Gasteiger partial charge in [0.2, 0.25) is 0 Å². The summed E-state index contributed by atoms with van der Waals surface area (Å²) in [6, 6.07) is 0. The first-order chi connectivity index (χ1) is 12.9. The van der Waals surface area contributed by atoms with E-state index in [4.69, 9.17) is 4.74 Å². The Bertz CT molecular complexity index is 419. The minimum Gasteiger partial charge on any atom is -0.481 e. The van der Waals surface area contributed by atoms with Crippen LogP contribution in [-0.2, 0) is 14.3 Å². The second kappa shape index (κ2) is 14.0. The number of carboxylic acid groups (broad SMARTS) is 1. The van der Waals surface area contributed by atoms with Crippen LogP contribution in [0.4, 0.5) is 0 Å². The number of ether oxygens (including phenoxy) is 1. The van der Waals surface area contributed by atoms with Gasteiger partial charge in [0, 0.05) is 0 Å². The van der Waals surface area contributed by atoms with Gasteiger partial charge in [0.15, 0.2) is 0 Å². The van der Waals surface area contributed by atoms with Crippen molar-refractivity contribution < 1.29 is 19.4 Å². The Morgan fingerprint density at radius 3 is 2.19 bits per heavy atom. The van der Waals surface area contributed by atoms with Crippen molar-refractivity contribution in [1.29, 1.82) is 0 Å². The summed E-state index contributed by atoms with van der Waals surface area (Å²) in [6.07, 6.45) is 14.5. The van der Waals surface area contributed by atoms with Crippen LogP contribution in [0.1, 0.15) is 111 Å². The number of hydrogen-bond donors (Lipinski definition) is 1. The van der Waals surface area contributed by atoms with Gasteiger partial charge in [-0.3, -0.25) is 9.59 Å². The number of carboxylic acids is 1. The molecule has 0 radical (unpaired) electrons. The third-order valence-corrected chi connectivity index (χ3v) is 5.84. The number of carbonyl (C=O) groups excluding carboxylic acids is 1. The van der Waals surface area contributed by atoms with E-state index in [0.717, 1.165) is 38.5 Å². The molecule has 1 saturated carbocycles. The first kappa shape index (κ1) is 24.0. The van der Waals surface area contributed by atoms with Crippen LogP contribution in [0.3, 0.4) is 0 Å². The number of unbranched alkanes of at least 4 members (excludes halogenated alkanes) is 6. The molecule has 1 N–H and O–H groups in total. The van der Waals surface area contributed by atoms with E-state index in [0.29, 0.717) is 18.8 Å². The molecular weight excluding hydrogens is 340 g/mol. The first-order valence-corrected chi connectivity index (χ1v) is 11.4. The number of hydrogen-bond acceptors (Lipinski definition) is 3. The lowest BCUT2D eigenvalue weighted by atomic mass is 9.81. The van der Waals surface area contributed by atoms with E-state index in [1.807, 2.05) is 0 Å². The smallest absolute Gasteiger partial charge is 0.309 e. The van der Waals surface area contributed by atoms with Crippen molar-refractivity contribution in [2.24, 2.45) is 17.8 Å². The summed E-state index contributed by atoms with van der Waals surface area (Å²) < 4.78 is 5.88. The molecule has 0 bridgehead atoms. The van der Waals surface area contributed by atoms with Crippen molar-refractivity contribution in [3.63, 3.8) is 0 Å². The molecule has 0 aliphatic heterocycles. The standard InChI is InChI=1S/C23H42O4/c1-4-5-6-7-8-9-10-14-21(16-15-18(2)3)27-23(26)20-13-11-12-19(17-20)22(24)25/h18-21H,4-17H2,1-3H3,(H,24,25). The summed E-state index contributed by atoms with van der Waals surface area (Å²) in [6.45, 7) is 6.63. The Kier molecular flexibility index (Phi) is 12.4. The SMILES string of the molecule is CCCCCCCCCC(CCC(C)C)OC(=O)C1CCCC(C(=O)O)C1. The quantitative estimate of drug-likeness (QED) is 0.280. The molecule has 1 fully saturated rings. The molecule has 0 saturated heterocycles. The normalized spacial score (nSPS) is 21.2. The average molecular weight is 383 g/mol. The second-order valence-corrected chi connectivity index (χ2v) is 8.84. The fourth-order valence-electron chi connectivity index (χ4n) is 4.00. The van der Waals surface area contributed by atoms with Gasteiger partial charge < -0.3 is 9.84 Å². The van der Waals surface area contributed by atoms with E-state index in [2.05, 4.69) is 20.8 Å². The maximum Gasteiger partial charge on any atom is 0.309 e. The molecule has 4 heteroatoms. The van der Waals surface area contributed by atoms with Gasteiger partial charge in [-0.25, -0.2) is 0 Å². The topological polar surface area (TPSA) is 63.6 Å². The van der Waals surface area contributed by atoms with Crippen molar-refractivity contribution in [2.45, 2.75) is 117 Å². The van der Waals surface area contributed by atoms with Crippen LogP contribution in [0.25, 0.3) is 0 Å². The fraction of sp³-hybridized carbons (Fsp3) is 0.913. The third kappa shape index (κ3) is 10.8. The second-order valence-electron chi connectivity index (χ2n) is 8.84. The lowest BCUT2D eigenvalue weighted by molar-refractivity contribution is -0.158. The van der Waals surface area contributed by atoms with Gasteiger partial charge in [-0.2, -0.15) is 0 Å². The molecule has 0 aromatic rings. The van der Waals surface area contributed by atoms with Crippen LogP contribution in [0.15, 0.2) is 0 Å². The zero-order valence-electron chi connectivity index (χ0n) is 17.9. The Labute approximate surface area is 166 Å².